The fraction of sp³-hybridized carbons (Fsp3) is 0.652. The minimum Gasteiger partial charge on any atom is -0.440 e. The highest BCUT2D eigenvalue weighted by Crippen LogP contribution is 2.30. The van der Waals surface area contributed by atoms with E-state index in [2.05, 4.69) is 33.9 Å². The first-order valence-corrected chi connectivity index (χ1v) is 11.7. The standard InChI is InChI=1S/C23H33ClN4O3/c1-16(2)13-28-9-10-30-19(14-28)12-25-22(29)15-27-7-5-17(6-8-27)23-26-20-11-18(24)3-4-21(20)31-23/h3-4,11,16-17,19H,5-10,12-15H2,1-2H3,(H,25,29). The molecule has 170 valence electrons. The second-order valence-electron chi connectivity index (χ2n) is 9.16. The number of ether oxygens (including phenoxy) is 1. The van der Waals surface area contributed by atoms with Crippen molar-refractivity contribution in [1.82, 2.24) is 20.1 Å². The molecule has 1 unspecified atom stereocenters. The Labute approximate surface area is 189 Å². The van der Waals surface area contributed by atoms with Gasteiger partial charge in [-0.05, 0) is 50.0 Å². The van der Waals surface area contributed by atoms with Crippen LogP contribution in [0.5, 0.6) is 0 Å². The number of hydrogen-bond donors (Lipinski definition) is 1. The van der Waals surface area contributed by atoms with Crippen LogP contribution in [0.1, 0.15) is 38.5 Å². The predicted octanol–water partition coefficient (Wildman–Crippen LogP) is 3.13. The number of carbonyl (C=O) groups is 1. The van der Waals surface area contributed by atoms with E-state index >= 15 is 0 Å². The van der Waals surface area contributed by atoms with Crippen LogP contribution in [0.15, 0.2) is 22.6 Å². The molecule has 2 fully saturated rings. The number of oxazole rings is 1. The molecule has 0 spiro atoms. The molecular weight excluding hydrogens is 416 g/mol. The number of morpholine rings is 1. The van der Waals surface area contributed by atoms with Gasteiger partial charge in [-0.3, -0.25) is 14.6 Å². The number of fused-ring (bicyclic) bond motifs is 1. The van der Waals surface area contributed by atoms with Gasteiger partial charge in [0.1, 0.15) is 5.52 Å². The Kier molecular flexibility index (Phi) is 7.48. The van der Waals surface area contributed by atoms with Crippen molar-refractivity contribution < 1.29 is 13.9 Å². The summed E-state index contributed by atoms with van der Waals surface area (Å²) in [5.41, 5.74) is 1.58. The lowest BCUT2D eigenvalue weighted by Crippen LogP contribution is -2.49. The number of hydrogen-bond acceptors (Lipinski definition) is 6. The fourth-order valence-electron chi connectivity index (χ4n) is 4.50. The molecule has 3 heterocycles. The molecule has 31 heavy (non-hydrogen) atoms. The molecule has 2 aromatic rings. The maximum Gasteiger partial charge on any atom is 0.234 e. The summed E-state index contributed by atoms with van der Waals surface area (Å²) >= 11 is 6.05. The van der Waals surface area contributed by atoms with Crippen LogP contribution in [0.2, 0.25) is 5.02 Å². The van der Waals surface area contributed by atoms with Crippen molar-refractivity contribution >= 4 is 28.6 Å². The van der Waals surface area contributed by atoms with Gasteiger partial charge in [0.05, 0.1) is 19.3 Å². The molecule has 0 bridgehead atoms. The number of amides is 1. The second-order valence-corrected chi connectivity index (χ2v) is 9.60. The maximum absolute atomic E-state index is 12.4. The Morgan fingerprint density at radius 2 is 2.06 bits per heavy atom. The van der Waals surface area contributed by atoms with E-state index in [4.69, 9.17) is 20.8 Å². The zero-order chi connectivity index (χ0) is 21.8. The average molecular weight is 449 g/mol. The molecule has 8 heteroatoms. The van der Waals surface area contributed by atoms with Crippen molar-refractivity contribution in [1.29, 1.82) is 0 Å². The zero-order valence-corrected chi connectivity index (χ0v) is 19.2. The molecule has 4 rings (SSSR count). The summed E-state index contributed by atoms with van der Waals surface area (Å²) in [6.07, 6.45) is 1.95. The van der Waals surface area contributed by atoms with Gasteiger partial charge in [-0.1, -0.05) is 25.4 Å². The highest BCUT2D eigenvalue weighted by atomic mass is 35.5. The number of aromatic nitrogens is 1. The van der Waals surface area contributed by atoms with Crippen LogP contribution in [0.3, 0.4) is 0 Å². The molecule has 1 aromatic carbocycles. The van der Waals surface area contributed by atoms with E-state index < -0.39 is 0 Å². The van der Waals surface area contributed by atoms with Gasteiger partial charge in [0.15, 0.2) is 11.5 Å². The molecule has 1 atom stereocenters. The molecule has 1 aromatic heterocycles. The summed E-state index contributed by atoms with van der Waals surface area (Å²) in [7, 11) is 0. The fourth-order valence-corrected chi connectivity index (χ4v) is 4.67. The quantitative estimate of drug-likeness (QED) is 0.701. The minimum absolute atomic E-state index is 0.0690. The van der Waals surface area contributed by atoms with Crippen molar-refractivity contribution in [2.24, 2.45) is 5.92 Å². The number of rotatable bonds is 7. The topological polar surface area (TPSA) is 70.8 Å². The minimum atomic E-state index is 0.0690. The van der Waals surface area contributed by atoms with E-state index in [1.54, 1.807) is 0 Å². The zero-order valence-electron chi connectivity index (χ0n) is 18.5. The number of likely N-dealkylation sites (tertiary alicyclic amines) is 1. The van der Waals surface area contributed by atoms with Crippen LogP contribution >= 0.6 is 11.6 Å². The second kappa shape index (κ2) is 10.3. The van der Waals surface area contributed by atoms with Gasteiger partial charge in [-0.25, -0.2) is 4.98 Å². The number of halogens is 1. The van der Waals surface area contributed by atoms with E-state index in [0.29, 0.717) is 24.0 Å². The molecule has 2 aliphatic rings. The smallest absolute Gasteiger partial charge is 0.234 e. The molecule has 0 aliphatic carbocycles. The van der Waals surface area contributed by atoms with Gasteiger partial charge in [-0.2, -0.15) is 0 Å². The summed E-state index contributed by atoms with van der Waals surface area (Å²) < 4.78 is 11.8. The lowest BCUT2D eigenvalue weighted by molar-refractivity contribution is -0.123. The molecule has 1 amide bonds. The maximum atomic E-state index is 12.4. The van der Waals surface area contributed by atoms with Crippen LogP contribution in [0.4, 0.5) is 0 Å². The van der Waals surface area contributed by atoms with Crippen LogP contribution in [-0.4, -0.2) is 79.2 Å². The molecule has 2 saturated heterocycles. The molecule has 2 aliphatic heterocycles. The van der Waals surface area contributed by atoms with E-state index in [1.807, 2.05) is 18.2 Å². The van der Waals surface area contributed by atoms with Crippen LogP contribution in [0, 0.1) is 5.92 Å². The normalized spacial score (nSPS) is 21.7. The largest absolute Gasteiger partial charge is 0.440 e. The number of piperidine rings is 1. The van der Waals surface area contributed by atoms with E-state index in [1.165, 1.54) is 0 Å². The van der Waals surface area contributed by atoms with Crippen LogP contribution in [0.25, 0.3) is 11.1 Å². The monoisotopic (exact) mass is 448 g/mol. The molecule has 1 N–H and O–H groups in total. The van der Waals surface area contributed by atoms with Crippen LogP contribution < -0.4 is 5.32 Å². The summed E-state index contributed by atoms with van der Waals surface area (Å²) in [6, 6.07) is 5.52. The van der Waals surface area contributed by atoms with Crippen molar-refractivity contribution in [2.45, 2.75) is 38.7 Å². The van der Waals surface area contributed by atoms with Crippen molar-refractivity contribution in [3.8, 4) is 0 Å². The van der Waals surface area contributed by atoms with Crippen LogP contribution in [-0.2, 0) is 9.53 Å². The SMILES string of the molecule is CC(C)CN1CCOC(CNC(=O)CN2CCC(c3nc4cc(Cl)ccc4o3)CC2)C1. The van der Waals surface area contributed by atoms with Gasteiger partial charge in [0.25, 0.3) is 0 Å². The molecule has 0 saturated carbocycles. The highest BCUT2D eigenvalue weighted by Gasteiger charge is 2.26. The molecule has 7 nitrogen and oxygen atoms in total. The van der Waals surface area contributed by atoms with Crippen molar-refractivity contribution in [2.75, 3.05) is 52.4 Å². The Hall–Kier alpha value is -1.67. The lowest BCUT2D eigenvalue weighted by Gasteiger charge is -2.34. The molecule has 0 radical (unpaired) electrons. The third-order valence-electron chi connectivity index (χ3n) is 6.04. The summed E-state index contributed by atoms with van der Waals surface area (Å²) in [4.78, 5) is 21.7. The Morgan fingerprint density at radius 3 is 2.84 bits per heavy atom. The van der Waals surface area contributed by atoms with Gasteiger partial charge in [0.2, 0.25) is 5.91 Å². The third-order valence-corrected chi connectivity index (χ3v) is 6.28. The lowest BCUT2D eigenvalue weighted by atomic mass is 9.97. The summed E-state index contributed by atoms with van der Waals surface area (Å²) in [5.74, 6) is 1.78. The van der Waals surface area contributed by atoms with E-state index in [0.717, 1.165) is 69.2 Å². The van der Waals surface area contributed by atoms with Gasteiger partial charge in [0, 0.05) is 37.1 Å². The first kappa shape index (κ1) is 22.5. The summed E-state index contributed by atoms with van der Waals surface area (Å²) in [5, 5.41) is 3.73. The number of carbonyl (C=O) groups excluding carboxylic acids is 1. The number of nitrogens with zero attached hydrogens (tertiary/aromatic N) is 3. The van der Waals surface area contributed by atoms with E-state index in [-0.39, 0.29) is 17.9 Å². The Balaban J connectivity index is 1.19. The predicted molar refractivity (Wildman–Crippen MR) is 121 cm³/mol. The Morgan fingerprint density at radius 1 is 1.26 bits per heavy atom. The third kappa shape index (κ3) is 6.19. The molecular formula is C23H33ClN4O3. The Bertz CT molecular complexity index is 879. The van der Waals surface area contributed by atoms with Gasteiger partial charge >= 0.3 is 0 Å². The average Bonchev–Trinajstić information content (AvgIpc) is 3.16. The highest BCUT2D eigenvalue weighted by molar-refractivity contribution is 6.31. The first-order valence-electron chi connectivity index (χ1n) is 11.4. The first-order chi connectivity index (χ1) is 15.0. The van der Waals surface area contributed by atoms with Crippen molar-refractivity contribution in [3.63, 3.8) is 0 Å². The number of nitrogens with one attached hydrogen (secondary N) is 1. The van der Waals surface area contributed by atoms with E-state index in [9.17, 15) is 4.79 Å². The summed E-state index contributed by atoms with van der Waals surface area (Å²) in [6.45, 7) is 10.9. The van der Waals surface area contributed by atoms with Gasteiger partial charge in [-0.15, -0.1) is 0 Å². The number of benzene rings is 1. The van der Waals surface area contributed by atoms with Gasteiger partial charge < -0.3 is 14.5 Å². The van der Waals surface area contributed by atoms with Crippen molar-refractivity contribution in [3.05, 3.63) is 29.1 Å².